The van der Waals surface area contributed by atoms with Crippen LogP contribution in [0.15, 0.2) is 71.3 Å². The molecule has 1 aliphatic carbocycles. The minimum Gasteiger partial charge on any atom is -0.493 e. The van der Waals surface area contributed by atoms with Crippen molar-refractivity contribution < 1.29 is 18.7 Å². The topological polar surface area (TPSA) is 51.9 Å². The third kappa shape index (κ3) is 6.64. The zero-order chi connectivity index (χ0) is 22.9. The van der Waals surface area contributed by atoms with E-state index in [1.165, 1.54) is 25.7 Å². The lowest BCUT2D eigenvalue weighted by Gasteiger charge is -2.23. The molecule has 174 valence electrons. The summed E-state index contributed by atoms with van der Waals surface area (Å²) in [7, 11) is 1.64. The summed E-state index contributed by atoms with van der Waals surface area (Å²) >= 11 is 0. The first-order valence-corrected chi connectivity index (χ1v) is 11.8. The van der Waals surface area contributed by atoms with E-state index in [4.69, 9.17) is 13.9 Å². The number of ether oxygens (including phenoxy) is 2. The predicted molar refractivity (Wildman–Crippen MR) is 128 cm³/mol. The highest BCUT2D eigenvalue weighted by Crippen LogP contribution is 2.31. The van der Waals surface area contributed by atoms with Crippen LogP contribution in [0.2, 0.25) is 0 Å². The van der Waals surface area contributed by atoms with Gasteiger partial charge in [-0.3, -0.25) is 4.79 Å². The molecule has 0 N–H and O–H groups in total. The zero-order valence-electron chi connectivity index (χ0n) is 19.4. The summed E-state index contributed by atoms with van der Waals surface area (Å²) in [6.45, 7) is 1.44. The molecule has 1 fully saturated rings. The minimum absolute atomic E-state index is 0.168. The highest BCUT2D eigenvalue weighted by Gasteiger charge is 2.21. The fourth-order valence-electron chi connectivity index (χ4n) is 4.49. The molecular formula is C28H33NO4. The van der Waals surface area contributed by atoms with Crippen LogP contribution in [0.1, 0.15) is 55.4 Å². The van der Waals surface area contributed by atoms with E-state index in [2.05, 4.69) is 0 Å². The summed E-state index contributed by atoms with van der Waals surface area (Å²) in [6.07, 6.45) is 8.32. The molecule has 3 aromatic rings. The lowest BCUT2D eigenvalue weighted by atomic mass is 10.0. The molecule has 0 spiro atoms. The van der Waals surface area contributed by atoms with Crippen LogP contribution < -0.4 is 9.47 Å². The number of nitrogens with zero attached hydrogens (tertiary/aromatic N) is 1. The van der Waals surface area contributed by atoms with Gasteiger partial charge in [0.15, 0.2) is 11.5 Å². The number of carbonyl (C=O) groups is 1. The van der Waals surface area contributed by atoms with Gasteiger partial charge in [-0.1, -0.05) is 62.1 Å². The van der Waals surface area contributed by atoms with Crippen molar-refractivity contribution in [2.24, 2.45) is 5.92 Å². The van der Waals surface area contributed by atoms with E-state index in [0.717, 1.165) is 23.3 Å². The van der Waals surface area contributed by atoms with E-state index in [-0.39, 0.29) is 5.91 Å². The molecule has 0 aliphatic heterocycles. The van der Waals surface area contributed by atoms with Crippen LogP contribution in [0.3, 0.4) is 0 Å². The number of methoxy groups -OCH3 is 1. The summed E-state index contributed by atoms with van der Waals surface area (Å²) in [5.41, 5.74) is 2.10. The zero-order valence-corrected chi connectivity index (χ0v) is 19.4. The molecule has 1 amide bonds. The molecule has 0 atom stereocenters. The van der Waals surface area contributed by atoms with Crippen molar-refractivity contribution >= 4 is 5.91 Å². The quantitative estimate of drug-likeness (QED) is 0.343. The maximum absolute atomic E-state index is 13.1. The molecule has 0 radical (unpaired) electrons. The van der Waals surface area contributed by atoms with E-state index >= 15 is 0 Å². The van der Waals surface area contributed by atoms with Gasteiger partial charge in [-0.15, -0.1) is 0 Å². The Morgan fingerprint density at radius 2 is 1.79 bits per heavy atom. The SMILES string of the molecule is COc1cc(CN(Cc2ccco2)C(=O)CCC2CCCC2)ccc1OCc1ccccc1. The first-order chi connectivity index (χ1) is 16.2. The Balaban J connectivity index is 1.43. The maximum atomic E-state index is 13.1. The molecule has 0 saturated heterocycles. The van der Waals surface area contributed by atoms with Gasteiger partial charge in [-0.05, 0) is 47.7 Å². The lowest BCUT2D eigenvalue weighted by Crippen LogP contribution is -2.30. The van der Waals surface area contributed by atoms with Gasteiger partial charge < -0.3 is 18.8 Å². The van der Waals surface area contributed by atoms with E-state index in [1.807, 2.05) is 65.6 Å². The van der Waals surface area contributed by atoms with Crippen molar-refractivity contribution in [3.8, 4) is 11.5 Å². The van der Waals surface area contributed by atoms with Crippen LogP contribution >= 0.6 is 0 Å². The Morgan fingerprint density at radius 3 is 2.52 bits per heavy atom. The smallest absolute Gasteiger partial charge is 0.223 e. The van der Waals surface area contributed by atoms with Crippen LogP contribution in [0.5, 0.6) is 11.5 Å². The van der Waals surface area contributed by atoms with Gasteiger partial charge in [-0.25, -0.2) is 0 Å². The van der Waals surface area contributed by atoms with Gasteiger partial charge in [-0.2, -0.15) is 0 Å². The van der Waals surface area contributed by atoms with E-state index < -0.39 is 0 Å². The van der Waals surface area contributed by atoms with Gasteiger partial charge in [0, 0.05) is 13.0 Å². The molecule has 1 heterocycles. The summed E-state index contributed by atoms with van der Waals surface area (Å²) in [5.74, 6) is 3.01. The number of carbonyl (C=O) groups excluding carboxylic acids is 1. The van der Waals surface area contributed by atoms with Crippen molar-refractivity contribution in [1.82, 2.24) is 4.90 Å². The number of amides is 1. The monoisotopic (exact) mass is 447 g/mol. The molecule has 5 heteroatoms. The molecule has 0 unspecified atom stereocenters. The third-order valence-corrected chi connectivity index (χ3v) is 6.36. The van der Waals surface area contributed by atoms with E-state index in [9.17, 15) is 4.79 Å². The fraction of sp³-hybridized carbons (Fsp3) is 0.393. The largest absolute Gasteiger partial charge is 0.493 e. The van der Waals surface area contributed by atoms with Crippen molar-refractivity contribution in [2.75, 3.05) is 7.11 Å². The first-order valence-electron chi connectivity index (χ1n) is 11.8. The minimum atomic E-state index is 0.168. The van der Waals surface area contributed by atoms with Gasteiger partial charge in [0.25, 0.3) is 0 Å². The average Bonchev–Trinajstić information content (AvgIpc) is 3.56. The first kappa shape index (κ1) is 23.0. The Bertz CT molecular complexity index is 994. The molecule has 1 aromatic heterocycles. The molecule has 5 nitrogen and oxygen atoms in total. The summed E-state index contributed by atoms with van der Waals surface area (Å²) in [5, 5.41) is 0. The normalized spacial score (nSPS) is 13.7. The molecule has 0 bridgehead atoms. The number of hydrogen-bond acceptors (Lipinski definition) is 4. The standard InChI is InChI=1S/C28H33NO4/c1-31-27-18-24(13-15-26(27)33-21-23-10-3-2-4-11-23)19-29(20-25-12-7-17-32-25)28(30)16-14-22-8-5-6-9-22/h2-4,7,10-13,15,17-18,22H,5-6,8-9,14,16,19-21H2,1H3. The molecule has 1 aliphatic rings. The maximum Gasteiger partial charge on any atom is 0.223 e. The van der Waals surface area contributed by atoms with Crippen molar-refractivity contribution in [2.45, 2.75) is 58.2 Å². The second-order valence-electron chi connectivity index (χ2n) is 8.78. The van der Waals surface area contributed by atoms with Crippen molar-refractivity contribution in [1.29, 1.82) is 0 Å². The second-order valence-corrected chi connectivity index (χ2v) is 8.78. The second kappa shape index (κ2) is 11.6. The Labute approximate surface area is 196 Å². The highest BCUT2D eigenvalue weighted by molar-refractivity contribution is 5.76. The highest BCUT2D eigenvalue weighted by atomic mass is 16.5. The van der Waals surface area contributed by atoms with Crippen LogP contribution in [0.4, 0.5) is 0 Å². The van der Waals surface area contributed by atoms with Crippen LogP contribution in [0.25, 0.3) is 0 Å². The van der Waals surface area contributed by atoms with Crippen molar-refractivity contribution in [3.05, 3.63) is 83.8 Å². The Kier molecular flexibility index (Phi) is 8.07. The number of benzene rings is 2. The molecule has 33 heavy (non-hydrogen) atoms. The Hall–Kier alpha value is -3.21. The average molecular weight is 448 g/mol. The van der Waals surface area contributed by atoms with Gasteiger partial charge >= 0.3 is 0 Å². The van der Waals surface area contributed by atoms with Gasteiger partial charge in [0.1, 0.15) is 12.4 Å². The Morgan fingerprint density at radius 1 is 0.970 bits per heavy atom. The summed E-state index contributed by atoms with van der Waals surface area (Å²) in [6, 6.07) is 19.7. The number of furan rings is 1. The molecule has 2 aromatic carbocycles. The number of hydrogen-bond donors (Lipinski definition) is 0. The van der Waals surface area contributed by atoms with Crippen molar-refractivity contribution in [3.63, 3.8) is 0 Å². The van der Waals surface area contributed by atoms with Gasteiger partial charge in [0.2, 0.25) is 5.91 Å². The predicted octanol–water partition coefficient (Wildman–Crippen LogP) is 6.37. The molecular weight excluding hydrogens is 414 g/mol. The van der Waals surface area contributed by atoms with Gasteiger partial charge in [0.05, 0.1) is 19.9 Å². The number of rotatable bonds is 11. The lowest BCUT2D eigenvalue weighted by molar-refractivity contribution is -0.133. The summed E-state index contributed by atoms with van der Waals surface area (Å²) in [4.78, 5) is 15.0. The molecule has 4 rings (SSSR count). The fourth-order valence-corrected chi connectivity index (χ4v) is 4.49. The molecule has 1 saturated carbocycles. The van der Waals surface area contributed by atoms with Crippen LogP contribution in [-0.2, 0) is 24.5 Å². The van der Waals surface area contributed by atoms with E-state index in [0.29, 0.717) is 43.5 Å². The van der Waals surface area contributed by atoms with E-state index in [1.54, 1.807) is 13.4 Å². The van der Waals surface area contributed by atoms with Crippen LogP contribution in [-0.4, -0.2) is 17.9 Å². The summed E-state index contributed by atoms with van der Waals surface area (Å²) < 4.78 is 17.1. The third-order valence-electron chi connectivity index (χ3n) is 6.36. The van der Waals surface area contributed by atoms with Crippen LogP contribution in [0, 0.1) is 5.92 Å².